The van der Waals surface area contributed by atoms with Gasteiger partial charge in [-0.25, -0.2) is 0 Å². The van der Waals surface area contributed by atoms with Gasteiger partial charge in [-0.2, -0.15) is 0 Å². The largest absolute Gasteiger partial charge is 0.496 e. The smallest absolute Gasteiger partial charge is 0.255 e. The number of hydrogen-bond donors (Lipinski definition) is 1. The fourth-order valence-electron chi connectivity index (χ4n) is 2.37. The van der Waals surface area contributed by atoms with E-state index in [4.69, 9.17) is 4.74 Å². The monoisotopic (exact) mass is 311 g/mol. The number of hydrogen-bond acceptors (Lipinski definition) is 2. The summed E-state index contributed by atoms with van der Waals surface area (Å²) in [6.45, 7) is 0. The van der Waals surface area contributed by atoms with Gasteiger partial charge in [0.2, 0.25) is 0 Å². The first-order valence-corrected chi connectivity index (χ1v) is 7.14. The molecule has 4 heteroatoms. The molecule has 1 amide bonds. The minimum atomic E-state index is -0.0416. The van der Waals surface area contributed by atoms with Crippen molar-refractivity contribution < 1.29 is 9.53 Å². The highest BCUT2D eigenvalue weighted by molar-refractivity contribution is 9.10. The molecule has 98 valence electrons. The van der Waals surface area contributed by atoms with Gasteiger partial charge in [-0.15, -0.1) is 0 Å². The van der Waals surface area contributed by atoms with Crippen molar-refractivity contribution in [3.63, 3.8) is 0 Å². The third-order valence-electron chi connectivity index (χ3n) is 3.35. The molecule has 1 aromatic carbocycles. The zero-order chi connectivity index (χ0) is 13.0. The SMILES string of the molecule is COc1ccc(Br)cc1C(=O)NC1CCCCC1. The quantitative estimate of drug-likeness (QED) is 0.927. The molecule has 0 spiro atoms. The van der Waals surface area contributed by atoms with Gasteiger partial charge in [0, 0.05) is 10.5 Å². The number of methoxy groups -OCH3 is 1. The molecule has 0 saturated heterocycles. The third-order valence-corrected chi connectivity index (χ3v) is 3.84. The van der Waals surface area contributed by atoms with Gasteiger partial charge in [-0.1, -0.05) is 35.2 Å². The zero-order valence-electron chi connectivity index (χ0n) is 10.5. The molecule has 18 heavy (non-hydrogen) atoms. The molecular formula is C14H18BrNO2. The second-order valence-corrected chi connectivity index (χ2v) is 5.57. The van der Waals surface area contributed by atoms with Crippen molar-refractivity contribution in [2.24, 2.45) is 0 Å². The van der Waals surface area contributed by atoms with E-state index in [2.05, 4.69) is 21.2 Å². The molecule has 0 aliphatic heterocycles. The Labute approximate surface area is 116 Å². The van der Waals surface area contributed by atoms with Gasteiger partial charge in [-0.3, -0.25) is 4.79 Å². The Morgan fingerprint density at radius 2 is 2.06 bits per heavy atom. The van der Waals surface area contributed by atoms with E-state index in [1.54, 1.807) is 19.2 Å². The van der Waals surface area contributed by atoms with Gasteiger partial charge in [-0.05, 0) is 31.0 Å². The van der Waals surface area contributed by atoms with Crippen LogP contribution in [0.2, 0.25) is 0 Å². The fraction of sp³-hybridized carbons (Fsp3) is 0.500. The van der Waals surface area contributed by atoms with E-state index < -0.39 is 0 Å². The topological polar surface area (TPSA) is 38.3 Å². The summed E-state index contributed by atoms with van der Waals surface area (Å²) >= 11 is 3.38. The van der Waals surface area contributed by atoms with Crippen molar-refractivity contribution in [3.8, 4) is 5.75 Å². The highest BCUT2D eigenvalue weighted by Gasteiger charge is 2.19. The fourth-order valence-corrected chi connectivity index (χ4v) is 2.73. The Balaban J connectivity index is 2.09. The van der Waals surface area contributed by atoms with Crippen molar-refractivity contribution in [1.82, 2.24) is 5.32 Å². The third kappa shape index (κ3) is 3.25. The van der Waals surface area contributed by atoms with Crippen LogP contribution in [0, 0.1) is 0 Å². The first-order valence-electron chi connectivity index (χ1n) is 6.35. The zero-order valence-corrected chi connectivity index (χ0v) is 12.1. The highest BCUT2D eigenvalue weighted by Crippen LogP contribution is 2.24. The van der Waals surface area contributed by atoms with Crippen LogP contribution < -0.4 is 10.1 Å². The van der Waals surface area contributed by atoms with E-state index in [1.807, 2.05) is 6.07 Å². The van der Waals surface area contributed by atoms with Crippen molar-refractivity contribution in [2.75, 3.05) is 7.11 Å². The summed E-state index contributed by atoms with van der Waals surface area (Å²) in [5, 5.41) is 3.10. The summed E-state index contributed by atoms with van der Waals surface area (Å²) in [7, 11) is 1.58. The van der Waals surface area contributed by atoms with E-state index in [1.165, 1.54) is 19.3 Å². The summed E-state index contributed by atoms with van der Waals surface area (Å²) in [4.78, 5) is 12.2. The average molecular weight is 312 g/mol. The number of carbonyl (C=O) groups excluding carboxylic acids is 1. The molecule has 1 aromatic rings. The van der Waals surface area contributed by atoms with Gasteiger partial charge >= 0.3 is 0 Å². The van der Waals surface area contributed by atoms with Crippen molar-refractivity contribution >= 4 is 21.8 Å². The number of carbonyl (C=O) groups is 1. The molecule has 0 unspecified atom stereocenters. The Bertz CT molecular complexity index is 428. The lowest BCUT2D eigenvalue weighted by atomic mass is 9.95. The first kappa shape index (κ1) is 13.4. The summed E-state index contributed by atoms with van der Waals surface area (Å²) in [6, 6.07) is 5.79. The average Bonchev–Trinajstić information content (AvgIpc) is 2.40. The van der Waals surface area contributed by atoms with Crippen LogP contribution in [0.4, 0.5) is 0 Å². The number of nitrogens with one attached hydrogen (secondary N) is 1. The van der Waals surface area contributed by atoms with Crippen LogP contribution in [0.25, 0.3) is 0 Å². The molecule has 1 saturated carbocycles. The minimum Gasteiger partial charge on any atom is -0.496 e. The van der Waals surface area contributed by atoms with Gasteiger partial charge in [0.05, 0.1) is 12.7 Å². The highest BCUT2D eigenvalue weighted by atomic mass is 79.9. The van der Waals surface area contributed by atoms with E-state index >= 15 is 0 Å². The second-order valence-electron chi connectivity index (χ2n) is 4.65. The van der Waals surface area contributed by atoms with Gasteiger partial charge < -0.3 is 10.1 Å². The Hall–Kier alpha value is -1.03. The maximum Gasteiger partial charge on any atom is 0.255 e. The van der Waals surface area contributed by atoms with Crippen molar-refractivity contribution in [3.05, 3.63) is 28.2 Å². The summed E-state index contributed by atoms with van der Waals surface area (Å²) in [5.41, 5.74) is 0.595. The molecule has 1 fully saturated rings. The van der Waals surface area contributed by atoms with E-state index in [-0.39, 0.29) is 5.91 Å². The molecule has 0 heterocycles. The van der Waals surface area contributed by atoms with Crippen LogP contribution in [0.5, 0.6) is 5.75 Å². The van der Waals surface area contributed by atoms with Crippen LogP contribution in [0.1, 0.15) is 42.5 Å². The van der Waals surface area contributed by atoms with Crippen LogP contribution in [0.3, 0.4) is 0 Å². The standard InChI is InChI=1S/C14H18BrNO2/c1-18-13-8-7-10(15)9-12(13)14(17)16-11-5-3-2-4-6-11/h7-9,11H,2-6H2,1H3,(H,16,17). The Kier molecular flexibility index (Phi) is 4.64. The van der Waals surface area contributed by atoms with Gasteiger partial charge in [0.15, 0.2) is 0 Å². The molecule has 0 aromatic heterocycles. The first-order chi connectivity index (χ1) is 8.70. The molecule has 1 aliphatic rings. The summed E-state index contributed by atoms with van der Waals surface area (Å²) in [5.74, 6) is 0.576. The van der Waals surface area contributed by atoms with Crippen LogP contribution in [0.15, 0.2) is 22.7 Å². The number of ether oxygens (including phenoxy) is 1. The van der Waals surface area contributed by atoms with E-state index in [0.29, 0.717) is 17.4 Å². The molecule has 3 nitrogen and oxygen atoms in total. The lowest BCUT2D eigenvalue weighted by molar-refractivity contribution is 0.0924. The Morgan fingerprint density at radius 3 is 2.72 bits per heavy atom. The number of amides is 1. The predicted octanol–water partition coefficient (Wildman–Crippen LogP) is 3.52. The molecule has 1 N–H and O–H groups in total. The summed E-state index contributed by atoms with van der Waals surface area (Å²) < 4.78 is 6.12. The molecule has 2 rings (SSSR count). The van der Waals surface area contributed by atoms with Gasteiger partial charge in [0.1, 0.15) is 5.75 Å². The lowest BCUT2D eigenvalue weighted by Gasteiger charge is -2.23. The van der Waals surface area contributed by atoms with Crippen molar-refractivity contribution in [1.29, 1.82) is 0 Å². The predicted molar refractivity (Wildman–Crippen MR) is 75.0 cm³/mol. The normalized spacial score (nSPS) is 16.3. The molecule has 1 aliphatic carbocycles. The van der Waals surface area contributed by atoms with Gasteiger partial charge in [0.25, 0.3) is 5.91 Å². The van der Waals surface area contributed by atoms with Crippen LogP contribution in [-0.2, 0) is 0 Å². The van der Waals surface area contributed by atoms with E-state index in [0.717, 1.165) is 17.3 Å². The maximum absolute atomic E-state index is 12.2. The number of halogens is 1. The maximum atomic E-state index is 12.2. The lowest BCUT2D eigenvalue weighted by Crippen LogP contribution is -2.36. The minimum absolute atomic E-state index is 0.0416. The molecule has 0 radical (unpaired) electrons. The molecular weight excluding hydrogens is 294 g/mol. The van der Waals surface area contributed by atoms with Crippen LogP contribution >= 0.6 is 15.9 Å². The Morgan fingerprint density at radius 1 is 1.33 bits per heavy atom. The van der Waals surface area contributed by atoms with Crippen LogP contribution in [-0.4, -0.2) is 19.1 Å². The van der Waals surface area contributed by atoms with Crippen molar-refractivity contribution in [2.45, 2.75) is 38.1 Å². The number of benzene rings is 1. The molecule has 0 atom stereocenters. The second kappa shape index (κ2) is 6.23. The number of rotatable bonds is 3. The molecule has 0 bridgehead atoms. The van der Waals surface area contributed by atoms with E-state index in [9.17, 15) is 4.79 Å². The summed E-state index contributed by atoms with van der Waals surface area (Å²) in [6.07, 6.45) is 5.87.